The smallest absolute Gasteiger partial charge is 0.159 e. The Morgan fingerprint density at radius 3 is 2.67 bits per heavy atom. The molecule has 0 aliphatic carbocycles. The van der Waals surface area contributed by atoms with E-state index in [0.717, 1.165) is 12.1 Å². The first kappa shape index (κ1) is 11.3. The van der Waals surface area contributed by atoms with Crippen LogP contribution >= 0.6 is 15.9 Å². The van der Waals surface area contributed by atoms with Crippen LogP contribution in [-0.4, -0.2) is 14.6 Å². The highest BCUT2D eigenvalue weighted by atomic mass is 79.9. The van der Waals surface area contributed by atoms with Gasteiger partial charge in [0, 0.05) is 5.56 Å². The van der Waals surface area contributed by atoms with E-state index in [-0.39, 0.29) is 0 Å². The van der Waals surface area contributed by atoms with E-state index < -0.39 is 11.6 Å². The SMILES string of the molecule is Fc1ccc(-c2ccc3nc(Br)cn3n2)cc1F. The van der Waals surface area contributed by atoms with Gasteiger partial charge in [-0.2, -0.15) is 5.10 Å². The van der Waals surface area contributed by atoms with Gasteiger partial charge in [0.15, 0.2) is 17.3 Å². The summed E-state index contributed by atoms with van der Waals surface area (Å²) >= 11 is 3.25. The van der Waals surface area contributed by atoms with Crippen molar-refractivity contribution in [2.24, 2.45) is 0 Å². The van der Waals surface area contributed by atoms with Gasteiger partial charge in [-0.05, 0) is 46.3 Å². The number of halogens is 3. The normalized spacial score (nSPS) is 11.1. The summed E-state index contributed by atoms with van der Waals surface area (Å²) in [5.41, 5.74) is 1.74. The zero-order valence-electron chi connectivity index (χ0n) is 8.94. The maximum Gasteiger partial charge on any atom is 0.159 e. The fourth-order valence-corrected chi connectivity index (χ4v) is 2.04. The van der Waals surface area contributed by atoms with E-state index >= 15 is 0 Å². The van der Waals surface area contributed by atoms with Crippen LogP contribution in [0.2, 0.25) is 0 Å². The van der Waals surface area contributed by atoms with Gasteiger partial charge in [0.1, 0.15) is 4.60 Å². The Kier molecular flexibility index (Phi) is 2.59. The highest BCUT2D eigenvalue weighted by Crippen LogP contribution is 2.20. The Hall–Kier alpha value is -1.82. The number of fused-ring (bicyclic) bond motifs is 1. The molecule has 3 aromatic rings. The number of rotatable bonds is 1. The number of nitrogens with zero attached hydrogens (tertiary/aromatic N) is 3. The highest BCUT2D eigenvalue weighted by molar-refractivity contribution is 9.10. The van der Waals surface area contributed by atoms with Gasteiger partial charge in [0.2, 0.25) is 0 Å². The van der Waals surface area contributed by atoms with Crippen LogP contribution < -0.4 is 0 Å². The molecule has 0 aliphatic heterocycles. The molecule has 0 bridgehead atoms. The summed E-state index contributed by atoms with van der Waals surface area (Å²) in [5.74, 6) is -1.76. The van der Waals surface area contributed by atoms with E-state index in [0.29, 0.717) is 21.5 Å². The lowest BCUT2D eigenvalue weighted by molar-refractivity contribution is 0.509. The predicted molar refractivity (Wildman–Crippen MR) is 66.0 cm³/mol. The quantitative estimate of drug-likeness (QED) is 0.689. The second kappa shape index (κ2) is 4.13. The van der Waals surface area contributed by atoms with E-state index in [2.05, 4.69) is 26.0 Å². The van der Waals surface area contributed by atoms with Gasteiger partial charge >= 0.3 is 0 Å². The van der Waals surface area contributed by atoms with Gasteiger partial charge in [-0.15, -0.1) is 0 Å². The average molecular weight is 310 g/mol. The van der Waals surface area contributed by atoms with Crippen LogP contribution in [0.25, 0.3) is 16.9 Å². The van der Waals surface area contributed by atoms with Gasteiger partial charge < -0.3 is 0 Å². The summed E-state index contributed by atoms with van der Waals surface area (Å²) in [6, 6.07) is 7.16. The molecule has 6 heteroatoms. The van der Waals surface area contributed by atoms with E-state index in [1.54, 1.807) is 22.8 Å². The highest BCUT2D eigenvalue weighted by Gasteiger charge is 2.07. The van der Waals surface area contributed by atoms with Crippen molar-refractivity contribution < 1.29 is 8.78 Å². The molecule has 2 heterocycles. The number of hydrogen-bond acceptors (Lipinski definition) is 2. The maximum atomic E-state index is 13.2. The van der Waals surface area contributed by atoms with Crippen molar-refractivity contribution in [3.05, 3.63) is 52.8 Å². The lowest BCUT2D eigenvalue weighted by Crippen LogP contribution is -1.94. The van der Waals surface area contributed by atoms with Crippen LogP contribution in [-0.2, 0) is 0 Å². The minimum atomic E-state index is -0.888. The van der Waals surface area contributed by atoms with E-state index in [4.69, 9.17) is 0 Å². The molecule has 3 nitrogen and oxygen atoms in total. The molecule has 0 fully saturated rings. The molecule has 0 aliphatic rings. The van der Waals surface area contributed by atoms with E-state index in [1.807, 2.05) is 0 Å². The van der Waals surface area contributed by atoms with Crippen LogP contribution in [0.15, 0.2) is 41.1 Å². The second-order valence-corrected chi connectivity index (χ2v) is 4.53. The molecule has 2 aromatic heterocycles. The van der Waals surface area contributed by atoms with Gasteiger partial charge in [0.25, 0.3) is 0 Å². The van der Waals surface area contributed by atoms with Crippen molar-refractivity contribution in [3.63, 3.8) is 0 Å². The number of hydrogen-bond donors (Lipinski definition) is 0. The molecule has 0 spiro atoms. The van der Waals surface area contributed by atoms with Gasteiger partial charge in [0.05, 0.1) is 11.9 Å². The summed E-state index contributed by atoms with van der Waals surface area (Å²) < 4.78 is 28.2. The van der Waals surface area contributed by atoms with Gasteiger partial charge in [-0.25, -0.2) is 18.3 Å². The molecule has 0 unspecified atom stereocenters. The zero-order chi connectivity index (χ0) is 12.7. The molecule has 0 radical (unpaired) electrons. The lowest BCUT2D eigenvalue weighted by atomic mass is 10.1. The van der Waals surface area contributed by atoms with Crippen LogP contribution in [0.1, 0.15) is 0 Å². The van der Waals surface area contributed by atoms with Crippen molar-refractivity contribution >= 4 is 21.6 Å². The first-order valence-corrected chi connectivity index (χ1v) is 5.90. The summed E-state index contributed by atoms with van der Waals surface area (Å²) in [4.78, 5) is 4.16. The fourth-order valence-electron chi connectivity index (χ4n) is 1.66. The molecule has 0 amide bonds. The van der Waals surface area contributed by atoms with Crippen LogP contribution in [0.5, 0.6) is 0 Å². The molecule has 0 saturated carbocycles. The summed E-state index contributed by atoms with van der Waals surface area (Å²) in [5, 5.41) is 4.27. The predicted octanol–water partition coefficient (Wildman–Crippen LogP) is 3.44. The molecular formula is C12H6BrF2N3. The number of imidazole rings is 1. The Balaban J connectivity index is 2.15. The maximum absolute atomic E-state index is 13.2. The number of benzene rings is 1. The largest absolute Gasteiger partial charge is 0.220 e. The Labute approximate surface area is 109 Å². The first-order valence-electron chi connectivity index (χ1n) is 5.11. The topological polar surface area (TPSA) is 30.2 Å². The zero-order valence-corrected chi connectivity index (χ0v) is 10.5. The average Bonchev–Trinajstić information content (AvgIpc) is 2.71. The van der Waals surface area contributed by atoms with E-state index in [9.17, 15) is 8.78 Å². The van der Waals surface area contributed by atoms with Crippen LogP contribution in [0.3, 0.4) is 0 Å². The fraction of sp³-hybridized carbons (Fsp3) is 0. The second-order valence-electron chi connectivity index (χ2n) is 3.71. The summed E-state index contributed by atoms with van der Waals surface area (Å²) in [6.07, 6.45) is 1.69. The Bertz CT molecular complexity index is 739. The third-order valence-corrected chi connectivity index (χ3v) is 2.89. The summed E-state index contributed by atoms with van der Waals surface area (Å²) in [6.45, 7) is 0. The molecular weight excluding hydrogens is 304 g/mol. The van der Waals surface area contributed by atoms with Crippen molar-refractivity contribution in [3.8, 4) is 11.3 Å². The van der Waals surface area contributed by atoms with Crippen LogP contribution in [0, 0.1) is 11.6 Å². The minimum Gasteiger partial charge on any atom is -0.220 e. The van der Waals surface area contributed by atoms with Crippen molar-refractivity contribution in [2.45, 2.75) is 0 Å². The molecule has 0 atom stereocenters. The molecule has 3 rings (SSSR count). The Morgan fingerprint density at radius 1 is 1.06 bits per heavy atom. The molecule has 18 heavy (non-hydrogen) atoms. The Morgan fingerprint density at radius 2 is 1.89 bits per heavy atom. The minimum absolute atomic E-state index is 0.514. The first-order chi connectivity index (χ1) is 8.63. The van der Waals surface area contributed by atoms with Gasteiger partial charge in [-0.3, -0.25) is 0 Å². The van der Waals surface area contributed by atoms with Crippen LogP contribution in [0.4, 0.5) is 8.78 Å². The molecule has 1 aromatic carbocycles. The molecule has 90 valence electrons. The third kappa shape index (κ3) is 1.88. The standard InChI is InChI=1S/C12H6BrF2N3/c13-11-6-18-12(16-11)4-3-10(17-18)7-1-2-8(14)9(15)5-7/h1-6H. The van der Waals surface area contributed by atoms with Crippen molar-refractivity contribution in [2.75, 3.05) is 0 Å². The lowest BCUT2D eigenvalue weighted by Gasteiger charge is -2.02. The monoisotopic (exact) mass is 309 g/mol. The third-order valence-electron chi connectivity index (χ3n) is 2.51. The van der Waals surface area contributed by atoms with E-state index in [1.165, 1.54) is 6.07 Å². The van der Waals surface area contributed by atoms with Crippen molar-refractivity contribution in [1.82, 2.24) is 14.6 Å². The number of aromatic nitrogens is 3. The van der Waals surface area contributed by atoms with Crippen molar-refractivity contribution in [1.29, 1.82) is 0 Å². The molecule has 0 saturated heterocycles. The van der Waals surface area contributed by atoms with Gasteiger partial charge in [-0.1, -0.05) is 0 Å². The summed E-state index contributed by atoms with van der Waals surface area (Å²) in [7, 11) is 0. The molecule has 0 N–H and O–H groups in total.